The van der Waals surface area contributed by atoms with E-state index in [0.717, 1.165) is 0 Å². The first kappa shape index (κ1) is 47.6. The van der Waals surface area contributed by atoms with Crippen LogP contribution in [-0.4, -0.2) is 78.0 Å². The van der Waals surface area contributed by atoms with Gasteiger partial charge in [-0.3, -0.25) is 24.0 Å². The lowest BCUT2D eigenvalue weighted by atomic mass is 9.91. The number of hydrogen-bond acceptors (Lipinski definition) is 7. The highest BCUT2D eigenvalue weighted by molar-refractivity contribution is 5.88. The first-order valence-corrected chi connectivity index (χ1v) is 15.8. The van der Waals surface area contributed by atoms with E-state index >= 15 is 0 Å². The number of ketones is 1. The average molecular weight is 657 g/mol. The molecule has 0 radical (unpaired) electrons. The van der Waals surface area contributed by atoms with Gasteiger partial charge in [0.1, 0.15) is 26.4 Å². The van der Waals surface area contributed by atoms with Crippen molar-refractivity contribution in [2.24, 2.45) is 10.8 Å². The Labute approximate surface area is 280 Å². The quantitative estimate of drug-likeness (QED) is 0.259. The zero-order valence-corrected chi connectivity index (χ0v) is 32.3. The SMILES string of the molecule is CC(C)(C)/C=C/C(=O)NC(C)(C)C.CC(C)(C)NC(=O)COCC(=O)C(C)(C)C.CC(C)(C)NC(=O)COCC(=O)NC(C)(C)C. The summed E-state index contributed by atoms with van der Waals surface area (Å²) >= 11 is 0. The molecule has 0 heterocycles. The summed E-state index contributed by atoms with van der Waals surface area (Å²) in [7, 11) is 0. The van der Waals surface area contributed by atoms with Gasteiger partial charge in [-0.05, 0) is 94.6 Å². The van der Waals surface area contributed by atoms with Crippen LogP contribution in [0.1, 0.15) is 125 Å². The van der Waals surface area contributed by atoms with Crippen LogP contribution in [0.4, 0.5) is 0 Å². The van der Waals surface area contributed by atoms with E-state index in [1.807, 2.05) is 110 Å². The molecule has 4 N–H and O–H groups in total. The molecule has 0 unspecified atom stereocenters. The van der Waals surface area contributed by atoms with Gasteiger partial charge in [-0.1, -0.05) is 47.6 Å². The van der Waals surface area contributed by atoms with Crippen LogP contribution in [0.3, 0.4) is 0 Å². The van der Waals surface area contributed by atoms with Crippen LogP contribution in [-0.2, 0) is 33.4 Å². The molecule has 0 saturated carbocycles. The van der Waals surface area contributed by atoms with E-state index in [-0.39, 0.29) is 83.4 Å². The van der Waals surface area contributed by atoms with Gasteiger partial charge in [-0.2, -0.15) is 0 Å². The minimum Gasteiger partial charge on any atom is -0.364 e. The Morgan fingerprint density at radius 3 is 0.978 bits per heavy atom. The zero-order valence-electron chi connectivity index (χ0n) is 32.3. The minimum absolute atomic E-state index is 0.00365. The molecular formula is C35H68N4O7. The van der Waals surface area contributed by atoms with Crippen molar-refractivity contribution in [2.75, 3.05) is 26.4 Å². The Morgan fingerprint density at radius 1 is 0.457 bits per heavy atom. The predicted molar refractivity (Wildman–Crippen MR) is 186 cm³/mol. The molecule has 46 heavy (non-hydrogen) atoms. The molecule has 0 saturated heterocycles. The van der Waals surface area contributed by atoms with Gasteiger partial charge in [-0.15, -0.1) is 0 Å². The number of allylic oxidation sites excluding steroid dienone is 1. The van der Waals surface area contributed by atoms with Crippen LogP contribution >= 0.6 is 0 Å². The second-order valence-electron chi connectivity index (χ2n) is 17.5. The predicted octanol–water partition coefficient (Wildman–Crippen LogP) is 4.87. The standard InChI is InChI=1S/C12H24N2O3.C12H23NO3.C11H21NO/c1-11(2,3)13-9(15)7-17-8-10(16)14-12(4,5)6;1-11(2,3)9(14)7-16-8-10(15)13-12(4,5)6;1-10(2,3)8-7-9(13)12-11(4,5)6/h7-8H2,1-6H3,(H,13,15)(H,14,16);7-8H2,1-6H3,(H,13,15);7-8H,1-6H3,(H,12,13)/b;;8-7+. The van der Waals surface area contributed by atoms with Gasteiger partial charge in [0.2, 0.25) is 23.6 Å². The summed E-state index contributed by atoms with van der Waals surface area (Å²) in [4.78, 5) is 56.8. The minimum atomic E-state index is -0.416. The van der Waals surface area contributed by atoms with Crippen molar-refractivity contribution in [1.29, 1.82) is 0 Å². The molecule has 0 fully saturated rings. The molecule has 270 valence electrons. The van der Waals surface area contributed by atoms with E-state index in [9.17, 15) is 24.0 Å². The Hall–Kier alpha value is -2.79. The topological polar surface area (TPSA) is 152 Å². The maximum absolute atomic E-state index is 11.5. The van der Waals surface area contributed by atoms with E-state index in [4.69, 9.17) is 9.47 Å². The normalized spacial score (nSPS) is 12.6. The van der Waals surface area contributed by atoms with Crippen molar-refractivity contribution >= 4 is 29.4 Å². The number of carbonyl (C=O) groups is 5. The van der Waals surface area contributed by atoms with Gasteiger partial charge >= 0.3 is 0 Å². The lowest BCUT2D eigenvalue weighted by Gasteiger charge is -2.21. The first-order valence-electron chi connectivity index (χ1n) is 15.8. The molecule has 0 rings (SSSR count). The molecule has 0 aliphatic carbocycles. The third kappa shape index (κ3) is 39.2. The molecule has 4 amide bonds. The number of amides is 4. The molecule has 0 atom stereocenters. The van der Waals surface area contributed by atoms with Crippen molar-refractivity contribution in [2.45, 2.75) is 147 Å². The number of Topliss-reactive ketones (excluding diaryl/α,β-unsaturated/α-hetero) is 1. The van der Waals surface area contributed by atoms with Gasteiger partial charge in [0, 0.05) is 27.6 Å². The van der Waals surface area contributed by atoms with Gasteiger partial charge in [-0.25, -0.2) is 0 Å². The highest BCUT2D eigenvalue weighted by Gasteiger charge is 2.22. The molecule has 0 aromatic heterocycles. The second-order valence-corrected chi connectivity index (χ2v) is 17.5. The van der Waals surface area contributed by atoms with Crippen LogP contribution in [0, 0.1) is 10.8 Å². The molecular weight excluding hydrogens is 588 g/mol. The van der Waals surface area contributed by atoms with Gasteiger partial charge in [0.05, 0.1) is 0 Å². The van der Waals surface area contributed by atoms with Crippen LogP contribution in [0.25, 0.3) is 0 Å². The first-order chi connectivity index (χ1) is 20.1. The molecule has 0 bridgehead atoms. The van der Waals surface area contributed by atoms with Crippen LogP contribution in [0.2, 0.25) is 0 Å². The second kappa shape index (κ2) is 19.8. The molecule has 11 nitrogen and oxygen atoms in total. The molecule has 0 aliphatic rings. The number of carbonyl (C=O) groups excluding carboxylic acids is 5. The molecule has 11 heteroatoms. The smallest absolute Gasteiger partial charge is 0.246 e. The summed E-state index contributed by atoms with van der Waals surface area (Å²) < 4.78 is 10.1. The van der Waals surface area contributed by atoms with Crippen molar-refractivity contribution in [3.63, 3.8) is 0 Å². The van der Waals surface area contributed by atoms with Gasteiger partial charge < -0.3 is 30.7 Å². The average Bonchev–Trinajstić information content (AvgIpc) is 2.72. The summed E-state index contributed by atoms with van der Waals surface area (Å²) in [6, 6.07) is 0. The summed E-state index contributed by atoms with van der Waals surface area (Å²) in [6.45, 7) is 34.3. The van der Waals surface area contributed by atoms with Crippen LogP contribution < -0.4 is 21.3 Å². The summed E-state index contributed by atoms with van der Waals surface area (Å²) in [6.07, 6.45) is 3.51. The number of ether oxygens (including phenoxy) is 2. The van der Waals surface area contributed by atoms with E-state index < -0.39 is 5.41 Å². The number of rotatable bonds is 9. The lowest BCUT2D eigenvalue weighted by Crippen LogP contribution is -2.44. The fourth-order valence-corrected chi connectivity index (χ4v) is 2.79. The van der Waals surface area contributed by atoms with Gasteiger partial charge in [0.25, 0.3) is 0 Å². The van der Waals surface area contributed by atoms with E-state index in [0.29, 0.717) is 0 Å². The Kier molecular flexibility index (Phi) is 20.5. The summed E-state index contributed by atoms with van der Waals surface area (Å²) in [5, 5.41) is 11.1. The van der Waals surface area contributed by atoms with Crippen LogP contribution in [0.5, 0.6) is 0 Å². The fraction of sp³-hybridized carbons (Fsp3) is 0.800. The van der Waals surface area contributed by atoms with Crippen LogP contribution in [0.15, 0.2) is 12.2 Å². The summed E-state index contributed by atoms with van der Waals surface area (Å²) in [5.74, 6) is -0.671. The van der Waals surface area contributed by atoms with Crippen molar-refractivity contribution in [3.8, 4) is 0 Å². The van der Waals surface area contributed by atoms with Crippen molar-refractivity contribution < 1.29 is 33.4 Å². The van der Waals surface area contributed by atoms with E-state index in [1.165, 1.54) is 0 Å². The highest BCUT2D eigenvalue weighted by atomic mass is 16.5. The fourth-order valence-electron chi connectivity index (χ4n) is 2.79. The molecule has 0 aliphatic heterocycles. The Morgan fingerprint density at radius 2 is 0.739 bits per heavy atom. The van der Waals surface area contributed by atoms with Crippen molar-refractivity contribution in [3.05, 3.63) is 12.2 Å². The van der Waals surface area contributed by atoms with Gasteiger partial charge in [0.15, 0.2) is 5.78 Å². The van der Waals surface area contributed by atoms with E-state index in [2.05, 4.69) is 42.0 Å². The number of hydrogen-bond donors (Lipinski definition) is 4. The van der Waals surface area contributed by atoms with Crippen molar-refractivity contribution in [1.82, 2.24) is 21.3 Å². The maximum Gasteiger partial charge on any atom is 0.246 e. The maximum atomic E-state index is 11.5. The third-order valence-electron chi connectivity index (χ3n) is 4.55. The lowest BCUT2D eigenvalue weighted by molar-refractivity contribution is -0.135. The monoisotopic (exact) mass is 657 g/mol. The molecule has 0 spiro atoms. The molecule has 0 aromatic rings. The Bertz CT molecular complexity index is 965. The molecule has 0 aromatic carbocycles. The van der Waals surface area contributed by atoms with E-state index in [1.54, 1.807) is 6.08 Å². The summed E-state index contributed by atoms with van der Waals surface area (Å²) in [5.41, 5.74) is -1.34. The highest BCUT2D eigenvalue weighted by Crippen LogP contribution is 2.15. The number of nitrogens with one attached hydrogen (secondary N) is 4. The zero-order chi connectivity index (χ0) is 37.4. The Balaban J connectivity index is -0.000000609. The third-order valence-corrected chi connectivity index (χ3v) is 4.55. The largest absolute Gasteiger partial charge is 0.364 e.